The molecule has 0 aliphatic rings. The van der Waals surface area contributed by atoms with E-state index in [2.05, 4.69) is 4.42 Å². The zero-order valence-corrected chi connectivity index (χ0v) is 12.0. The molecule has 0 spiro atoms. The van der Waals surface area contributed by atoms with Gasteiger partial charge >= 0.3 is 11.8 Å². The molecule has 0 radical (unpaired) electrons. The van der Waals surface area contributed by atoms with Crippen LogP contribution in [0.3, 0.4) is 0 Å². The van der Waals surface area contributed by atoms with Crippen molar-refractivity contribution in [1.29, 1.82) is 0 Å². The van der Waals surface area contributed by atoms with Crippen molar-refractivity contribution in [2.45, 2.75) is 6.18 Å². The molecule has 0 N–H and O–H groups in total. The molecule has 2 aromatic carbocycles. The maximum atomic E-state index is 13.4. The van der Waals surface area contributed by atoms with E-state index in [0.29, 0.717) is 11.3 Å². The quantitative estimate of drug-likeness (QED) is 0.698. The van der Waals surface area contributed by atoms with Crippen molar-refractivity contribution in [2.24, 2.45) is 0 Å². The third kappa shape index (κ3) is 2.67. The molecule has 118 valence electrons. The van der Waals surface area contributed by atoms with Crippen LogP contribution in [0.15, 0.2) is 57.7 Å². The average Bonchev–Trinajstić information content (AvgIpc) is 2.54. The van der Waals surface area contributed by atoms with Crippen LogP contribution in [0, 0.1) is 0 Å². The van der Waals surface area contributed by atoms with Gasteiger partial charge in [-0.05, 0) is 23.8 Å². The van der Waals surface area contributed by atoms with Crippen LogP contribution in [0.25, 0.3) is 21.9 Å². The van der Waals surface area contributed by atoms with Crippen LogP contribution in [0.1, 0.15) is 5.76 Å². The molecule has 0 unspecified atom stereocenters. The monoisotopic (exact) mass is 320 g/mol. The van der Waals surface area contributed by atoms with Gasteiger partial charge in [-0.25, -0.2) is 4.79 Å². The minimum absolute atomic E-state index is 0.0673. The van der Waals surface area contributed by atoms with Gasteiger partial charge in [-0.3, -0.25) is 0 Å². The van der Waals surface area contributed by atoms with E-state index < -0.39 is 17.6 Å². The van der Waals surface area contributed by atoms with Crippen molar-refractivity contribution >= 4 is 10.8 Å². The van der Waals surface area contributed by atoms with Crippen molar-refractivity contribution in [1.82, 2.24) is 0 Å². The normalized spacial score (nSPS) is 11.7. The molecule has 0 aliphatic carbocycles. The van der Waals surface area contributed by atoms with Crippen molar-refractivity contribution in [3.8, 4) is 16.9 Å². The highest BCUT2D eigenvalue weighted by Crippen LogP contribution is 2.40. The zero-order valence-electron chi connectivity index (χ0n) is 12.0. The molecule has 1 heterocycles. The first-order valence-electron chi connectivity index (χ1n) is 6.69. The van der Waals surface area contributed by atoms with Crippen LogP contribution in [-0.2, 0) is 6.18 Å². The number of ether oxygens (including phenoxy) is 1. The van der Waals surface area contributed by atoms with Gasteiger partial charge < -0.3 is 9.15 Å². The van der Waals surface area contributed by atoms with Gasteiger partial charge in [-0.1, -0.05) is 30.3 Å². The Morgan fingerprint density at radius 2 is 1.70 bits per heavy atom. The van der Waals surface area contributed by atoms with Gasteiger partial charge in [0.15, 0.2) is 0 Å². The van der Waals surface area contributed by atoms with E-state index in [1.165, 1.54) is 37.4 Å². The maximum absolute atomic E-state index is 13.4. The van der Waals surface area contributed by atoms with Gasteiger partial charge in [0.25, 0.3) is 0 Å². The number of halogens is 3. The fourth-order valence-corrected chi connectivity index (χ4v) is 2.45. The summed E-state index contributed by atoms with van der Waals surface area (Å²) in [5.74, 6) is -0.956. The molecular formula is C17H11F3O3. The number of benzene rings is 2. The second-order valence-electron chi connectivity index (χ2n) is 4.87. The van der Waals surface area contributed by atoms with Crippen LogP contribution in [-0.4, -0.2) is 7.11 Å². The zero-order chi connectivity index (χ0) is 16.6. The predicted octanol–water partition coefficient (Wildman–Crippen LogP) is 4.49. The van der Waals surface area contributed by atoms with Crippen LogP contribution >= 0.6 is 0 Å². The third-order valence-electron chi connectivity index (χ3n) is 3.46. The van der Waals surface area contributed by atoms with Gasteiger partial charge in [0.05, 0.1) is 12.5 Å². The van der Waals surface area contributed by atoms with E-state index >= 15 is 0 Å². The number of rotatable bonds is 2. The summed E-state index contributed by atoms with van der Waals surface area (Å²) < 4.78 is 49.7. The summed E-state index contributed by atoms with van der Waals surface area (Å²) in [5, 5.41) is 0.205. The lowest BCUT2D eigenvalue weighted by Crippen LogP contribution is -2.13. The Bertz CT molecular complexity index is 912. The number of fused-ring (bicyclic) bond motifs is 1. The molecule has 0 saturated carbocycles. The second-order valence-corrected chi connectivity index (χ2v) is 4.87. The Balaban J connectivity index is 2.50. The molecule has 6 heteroatoms. The van der Waals surface area contributed by atoms with Crippen LogP contribution in [0.5, 0.6) is 5.75 Å². The van der Waals surface area contributed by atoms with Crippen molar-refractivity contribution in [3.05, 3.63) is 64.7 Å². The van der Waals surface area contributed by atoms with Crippen molar-refractivity contribution < 1.29 is 22.3 Å². The van der Waals surface area contributed by atoms with E-state index in [9.17, 15) is 18.0 Å². The minimum Gasteiger partial charge on any atom is -0.497 e. The van der Waals surface area contributed by atoms with Gasteiger partial charge in [-0.2, -0.15) is 13.2 Å². The molecule has 0 amide bonds. The first-order valence-corrected chi connectivity index (χ1v) is 6.69. The van der Waals surface area contributed by atoms with Crippen LogP contribution < -0.4 is 10.4 Å². The lowest BCUT2D eigenvalue weighted by molar-refractivity contribution is -0.153. The lowest BCUT2D eigenvalue weighted by atomic mass is 9.98. The van der Waals surface area contributed by atoms with Gasteiger partial charge in [-0.15, -0.1) is 0 Å². The molecular weight excluding hydrogens is 309 g/mol. The lowest BCUT2D eigenvalue weighted by Gasteiger charge is -2.14. The summed E-state index contributed by atoms with van der Waals surface area (Å²) in [6.07, 6.45) is -4.79. The first-order chi connectivity index (χ1) is 10.9. The smallest absolute Gasteiger partial charge is 0.450 e. The van der Waals surface area contributed by atoms with Gasteiger partial charge in [0.1, 0.15) is 5.75 Å². The van der Waals surface area contributed by atoms with Crippen molar-refractivity contribution in [3.63, 3.8) is 0 Å². The third-order valence-corrected chi connectivity index (χ3v) is 3.46. The summed E-state index contributed by atoms with van der Waals surface area (Å²) in [6, 6.07) is 12.3. The largest absolute Gasteiger partial charge is 0.497 e. The Morgan fingerprint density at radius 3 is 2.30 bits per heavy atom. The van der Waals surface area contributed by atoms with Gasteiger partial charge in [0.2, 0.25) is 5.76 Å². The van der Waals surface area contributed by atoms with E-state index in [1.54, 1.807) is 18.2 Å². The van der Waals surface area contributed by atoms with E-state index in [1.807, 2.05) is 0 Å². The molecule has 0 saturated heterocycles. The number of alkyl halides is 3. The summed E-state index contributed by atoms with van der Waals surface area (Å²) in [6.45, 7) is 0. The minimum atomic E-state index is -4.79. The van der Waals surface area contributed by atoms with Crippen LogP contribution in [0.4, 0.5) is 13.2 Å². The molecule has 23 heavy (non-hydrogen) atoms. The summed E-state index contributed by atoms with van der Waals surface area (Å²) in [7, 11) is 1.40. The predicted molar refractivity (Wildman–Crippen MR) is 79.5 cm³/mol. The molecule has 3 nitrogen and oxygen atoms in total. The topological polar surface area (TPSA) is 39.4 Å². The standard InChI is InChI=1S/C17H11F3O3/c1-22-11-7-8-12-13(9-11)14(10-5-3-2-4-6-10)15(17(18,19)20)23-16(12)21/h2-9H,1H3. The molecule has 3 rings (SSSR count). The van der Waals surface area contributed by atoms with Crippen LogP contribution in [0.2, 0.25) is 0 Å². The van der Waals surface area contributed by atoms with Gasteiger partial charge in [0, 0.05) is 10.9 Å². The number of hydrogen-bond acceptors (Lipinski definition) is 3. The first kappa shape index (κ1) is 15.1. The average molecular weight is 320 g/mol. The van der Waals surface area contributed by atoms with E-state index in [4.69, 9.17) is 4.74 Å². The number of methoxy groups -OCH3 is 1. The fraction of sp³-hybridized carbons (Fsp3) is 0.118. The molecule has 0 aliphatic heterocycles. The SMILES string of the molecule is COc1ccc2c(=O)oc(C(F)(F)F)c(-c3ccccc3)c2c1. The second kappa shape index (κ2) is 5.46. The summed E-state index contributed by atoms with van der Waals surface area (Å²) in [5.41, 5.74) is -0.900. The highest BCUT2D eigenvalue weighted by Gasteiger charge is 2.39. The Morgan fingerprint density at radius 1 is 1.00 bits per heavy atom. The number of hydrogen-bond donors (Lipinski definition) is 0. The Hall–Kier alpha value is -2.76. The highest BCUT2D eigenvalue weighted by molar-refractivity contribution is 5.97. The Labute approximate surface area is 128 Å². The van der Waals surface area contributed by atoms with E-state index in [0.717, 1.165) is 0 Å². The van der Waals surface area contributed by atoms with Crippen molar-refractivity contribution in [2.75, 3.05) is 7.11 Å². The summed E-state index contributed by atoms with van der Waals surface area (Å²) >= 11 is 0. The molecule has 1 aromatic heterocycles. The fourth-order valence-electron chi connectivity index (χ4n) is 2.45. The molecule has 0 atom stereocenters. The molecule has 0 fully saturated rings. The summed E-state index contributed by atoms with van der Waals surface area (Å²) in [4.78, 5) is 11.9. The Kier molecular flexibility index (Phi) is 3.60. The molecule has 0 bridgehead atoms. The maximum Gasteiger partial charge on any atom is 0.450 e. The van der Waals surface area contributed by atoms with E-state index in [-0.39, 0.29) is 16.3 Å². The molecule has 3 aromatic rings. The highest BCUT2D eigenvalue weighted by atomic mass is 19.4.